The standard InChI is InChI=1S/C10H12F4N2O4S2/c1-15-21(17,18)5-4-16-8-3-2-7(11)6-9(8)22(19,20)10(12,13)14/h2-3,6,15-16H,4-5H2,1H3. The van der Waals surface area contributed by atoms with Gasteiger partial charge in [-0.25, -0.2) is 25.9 Å². The monoisotopic (exact) mass is 364 g/mol. The van der Waals surface area contributed by atoms with E-state index in [1.807, 2.05) is 4.72 Å². The minimum absolute atomic E-state index is 0.220. The minimum atomic E-state index is -5.77. The maximum Gasteiger partial charge on any atom is 0.501 e. The first-order valence-electron chi connectivity index (χ1n) is 5.67. The van der Waals surface area contributed by atoms with Crippen LogP contribution in [0.3, 0.4) is 0 Å². The number of alkyl halides is 3. The molecule has 1 rings (SSSR count). The summed E-state index contributed by atoms with van der Waals surface area (Å²) in [7, 11) is -8.26. The van der Waals surface area contributed by atoms with E-state index in [0.717, 1.165) is 19.2 Å². The van der Waals surface area contributed by atoms with Gasteiger partial charge in [-0.2, -0.15) is 13.2 Å². The summed E-state index contributed by atoms with van der Waals surface area (Å²) in [6.07, 6.45) is 0. The van der Waals surface area contributed by atoms with Crippen LogP contribution in [0.25, 0.3) is 0 Å². The van der Waals surface area contributed by atoms with Crippen LogP contribution in [-0.2, 0) is 19.9 Å². The predicted octanol–water partition coefficient (Wildman–Crippen LogP) is 1.08. The van der Waals surface area contributed by atoms with E-state index in [1.165, 1.54) is 0 Å². The normalized spacial score (nSPS) is 13.1. The molecule has 0 fully saturated rings. The van der Waals surface area contributed by atoms with Gasteiger partial charge < -0.3 is 5.32 Å². The Bertz CT molecular complexity index is 745. The van der Waals surface area contributed by atoms with Gasteiger partial charge in [-0.15, -0.1) is 0 Å². The zero-order valence-electron chi connectivity index (χ0n) is 11.1. The Morgan fingerprint density at radius 1 is 1.14 bits per heavy atom. The van der Waals surface area contributed by atoms with E-state index in [2.05, 4.69) is 5.32 Å². The van der Waals surface area contributed by atoms with Crippen LogP contribution in [-0.4, -0.2) is 41.7 Å². The van der Waals surface area contributed by atoms with Crippen molar-refractivity contribution in [2.24, 2.45) is 0 Å². The van der Waals surface area contributed by atoms with Crippen molar-refractivity contribution in [2.45, 2.75) is 10.4 Å². The smallest absolute Gasteiger partial charge is 0.383 e. The number of sulfonamides is 1. The van der Waals surface area contributed by atoms with Gasteiger partial charge in [-0.1, -0.05) is 0 Å². The molecule has 2 N–H and O–H groups in total. The van der Waals surface area contributed by atoms with Crippen molar-refractivity contribution >= 4 is 25.5 Å². The highest BCUT2D eigenvalue weighted by atomic mass is 32.2. The van der Waals surface area contributed by atoms with Gasteiger partial charge in [0, 0.05) is 6.54 Å². The van der Waals surface area contributed by atoms with Gasteiger partial charge in [0.05, 0.1) is 11.4 Å². The highest BCUT2D eigenvalue weighted by Gasteiger charge is 2.48. The average Bonchev–Trinajstić information content (AvgIpc) is 2.39. The summed E-state index contributed by atoms with van der Waals surface area (Å²) in [5.41, 5.74) is -6.14. The first-order chi connectivity index (χ1) is 9.90. The van der Waals surface area contributed by atoms with Gasteiger partial charge in [0.2, 0.25) is 10.0 Å². The van der Waals surface area contributed by atoms with Gasteiger partial charge in [0.15, 0.2) is 0 Å². The SMILES string of the molecule is CNS(=O)(=O)CCNc1ccc(F)cc1S(=O)(=O)C(F)(F)F. The van der Waals surface area contributed by atoms with Crippen LogP contribution in [0, 0.1) is 5.82 Å². The Morgan fingerprint density at radius 2 is 1.73 bits per heavy atom. The maximum atomic E-state index is 13.1. The quantitative estimate of drug-likeness (QED) is 0.737. The number of halogens is 4. The number of hydrogen-bond acceptors (Lipinski definition) is 5. The molecule has 0 saturated carbocycles. The first kappa shape index (κ1) is 18.6. The van der Waals surface area contributed by atoms with Crippen molar-refractivity contribution in [1.29, 1.82) is 0 Å². The van der Waals surface area contributed by atoms with Gasteiger partial charge in [0.1, 0.15) is 10.7 Å². The van der Waals surface area contributed by atoms with Crippen molar-refractivity contribution in [3.63, 3.8) is 0 Å². The summed E-state index contributed by atoms with van der Waals surface area (Å²) in [6.45, 7) is -0.366. The van der Waals surface area contributed by atoms with Gasteiger partial charge in [-0.3, -0.25) is 0 Å². The Hall–Kier alpha value is -1.40. The molecule has 0 spiro atoms. The molecule has 0 aliphatic rings. The lowest BCUT2D eigenvalue weighted by Crippen LogP contribution is -2.27. The van der Waals surface area contributed by atoms with Crippen LogP contribution in [0.5, 0.6) is 0 Å². The first-order valence-corrected chi connectivity index (χ1v) is 8.80. The molecule has 1 aromatic carbocycles. The molecule has 126 valence electrons. The van der Waals surface area contributed by atoms with Crippen LogP contribution in [0.1, 0.15) is 0 Å². The topological polar surface area (TPSA) is 92.3 Å². The van der Waals surface area contributed by atoms with Crippen LogP contribution in [0.2, 0.25) is 0 Å². The van der Waals surface area contributed by atoms with Crippen LogP contribution in [0.4, 0.5) is 23.2 Å². The number of benzene rings is 1. The van der Waals surface area contributed by atoms with Gasteiger partial charge >= 0.3 is 5.51 Å². The van der Waals surface area contributed by atoms with E-state index in [4.69, 9.17) is 0 Å². The molecule has 0 bridgehead atoms. The summed E-state index contributed by atoms with van der Waals surface area (Å²) >= 11 is 0. The molecule has 0 amide bonds. The van der Waals surface area contributed by atoms with E-state index in [9.17, 15) is 34.4 Å². The molecule has 0 radical (unpaired) electrons. The Balaban J connectivity index is 3.13. The van der Waals surface area contributed by atoms with E-state index < -0.39 is 47.5 Å². The molecule has 0 unspecified atom stereocenters. The molecule has 0 atom stereocenters. The Kier molecular flexibility index (Phi) is 5.41. The number of hydrogen-bond donors (Lipinski definition) is 2. The second-order valence-electron chi connectivity index (χ2n) is 4.04. The summed E-state index contributed by atoms with van der Waals surface area (Å²) < 4.78 is 97.8. The van der Waals surface area contributed by atoms with Crippen molar-refractivity contribution in [3.8, 4) is 0 Å². The van der Waals surface area contributed by atoms with E-state index in [-0.39, 0.29) is 12.6 Å². The fraction of sp³-hybridized carbons (Fsp3) is 0.400. The summed E-state index contributed by atoms with van der Waals surface area (Å²) in [6, 6.07) is 1.77. The maximum absolute atomic E-state index is 13.1. The third kappa shape index (κ3) is 4.30. The van der Waals surface area contributed by atoms with E-state index >= 15 is 0 Å². The molecule has 12 heteroatoms. The van der Waals surface area contributed by atoms with Crippen LogP contribution >= 0.6 is 0 Å². The molecular formula is C10H12F4N2O4S2. The minimum Gasteiger partial charge on any atom is -0.383 e. The fourth-order valence-electron chi connectivity index (χ4n) is 1.41. The lowest BCUT2D eigenvalue weighted by atomic mass is 10.3. The molecule has 0 aliphatic carbocycles. The lowest BCUT2D eigenvalue weighted by molar-refractivity contribution is -0.0435. The average molecular weight is 364 g/mol. The number of nitrogens with one attached hydrogen (secondary N) is 2. The van der Waals surface area contributed by atoms with Crippen molar-refractivity contribution in [3.05, 3.63) is 24.0 Å². The summed E-state index contributed by atoms with van der Waals surface area (Å²) in [5.74, 6) is -1.68. The lowest BCUT2D eigenvalue weighted by Gasteiger charge is -2.14. The molecule has 22 heavy (non-hydrogen) atoms. The number of sulfone groups is 1. The highest BCUT2D eigenvalue weighted by molar-refractivity contribution is 7.92. The molecule has 1 aromatic rings. The second-order valence-corrected chi connectivity index (χ2v) is 8.00. The molecule has 0 saturated heterocycles. The zero-order valence-corrected chi connectivity index (χ0v) is 12.7. The largest absolute Gasteiger partial charge is 0.501 e. The van der Waals surface area contributed by atoms with E-state index in [1.54, 1.807) is 0 Å². The third-order valence-corrected chi connectivity index (χ3v) is 5.42. The molecule has 6 nitrogen and oxygen atoms in total. The van der Waals surface area contributed by atoms with Gasteiger partial charge in [-0.05, 0) is 25.2 Å². The van der Waals surface area contributed by atoms with Crippen LogP contribution in [0.15, 0.2) is 23.1 Å². The van der Waals surface area contributed by atoms with Crippen molar-refractivity contribution in [1.82, 2.24) is 4.72 Å². The van der Waals surface area contributed by atoms with Gasteiger partial charge in [0.25, 0.3) is 9.84 Å². The molecular weight excluding hydrogens is 352 g/mol. The summed E-state index contributed by atoms with van der Waals surface area (Å²) in [4.78, 5) is -1.30. The van der Waals surface area contributed by atoms with Crippen molar-refractivity contribution < 1.29 is 34.4 Å². The number of anilines is 1. The van der Waals surface area contributed by atoms with Crippen LogP contribution < -0.4 is 10.0 Å². The summed E-state index contributed by atoms with van der Waals surface area (Å²) in [5, 5.41) is 2.24. The third-order valence-electron chi connectivity index (χ3n) is 2.54. The predicted molar refractivity (Wildman–Crippen MR) is 71.0 cm³/mol. The zero-order chi connectivity index (χ0) is 17.2. The second kappa shape index (κ2) is 6.38. The number of rotatable bonds is 6. The fourth-order valence-corrected chi connectivity index (χ4v) is 2.93. The molecule has 0 aliphatic heterocycles. The van der Waals surface area contributed by atoms with Crippen molar-refractivity contribution in [2.75, 3.05) is 24.7 Å². The Labute approximate surface area is 124 Å². The Morgan fingerprint density at radius 3 is 2.23 bits per heavy atom. The molecule has 0 aromatic heterocycles. The molecule has 0 heterocycles. The highest BCUT2D eigenvalue weighted by Crippen LogP contribution is 2.34. The van der Waals surface area contributed by atoms with E-state index in [0.29, 0.717) is 0 Å².